The van der Waals surface area contributed by atoms with Crippen LogP contribution in [-0.2, 0) is 29.8 Å². The summed E-state index contributed by atoms with van der Waals surface area (Å²) in [5.74, 6) is 0.769. The summed E-state index contributed by atoms with van der Waals surface area (Å²) in [6.07, 6.45) is 2.93. The molecule has 4 aromatic carbocycles. The Labute approximate surface area is 274 Å². The molecule has 0 spiro atoms. The van der Waals surface area contributed by atoms with Crippen molar-refractivity contribution in [1.29, 1.82) is 0 Å². The van der Waals surface area contributed by atoms with Crippen molar-refractivity contribution >= 4 is 11.3 Å². The van der Waals surface area contributed by atoms with E-state index in [-0.39, 0.29) is 11.5 Å². The number of hydrogen-bond donors (Lipinski definition) is 0. The smallest absolute Gasteiger partial charge is 0.224 e. The Hall–Kier alpha value is -4.46. The SMILES string of the molecule is CCCc1cc([C@@H]2c3cc(OC)c(OC)cc3CC[C@H]2[N+](=O)[O-])c(COC(c2ccccc2)(c2ccccc2)c2ccccc2)s1. The molecule has 2 atom stereocenters. The number of nitrogens with zero attached hydrogens (tertiary/aromatic N) is 1. The zero-order valence-electron chi connectivity index (χ0n) is 26.5. The van der Waals surface area contributed by atoms with E-state index in [1.54, 1.807) is 25.6 Å². The fourth-order valence-electron chi connectivity index (χ4n) is 6.91. The molecule has 236 valence electrons. The van der Waals surface area contributed by atoms with E-state index in [9.17, 15) is 10.1 Å². The molecule has 1 aromatic heterocycles. The standard InChI is InChI=1S/C39H39NO5S/c1-4-14-31-24-33(38-32-25-36(44-3)35(43-2)23-27(32)21-22-34(38)40(41)42)37(46-31)26-45-39(28-15-8-5-9-16-28,29-17-10-6-11-18-29)30-19-12-7-13-20-30/h5-13,15-20,23-25,34,38H,4,14,21-22,26H2,1-3H3/t34-,38+/m1/s1. The van der Waals surface area contributed by atoms with Gasteiger partial charge >= 0.3 is 0 Å². The molecule has 0 unspecified atom stereocenters. The Balaban J connectivity index is 1.51. The molecule has 0 aliphatic heterocycles. The first-order valence-corrected chi connectivity index (χ1v) is 16.6. The van der Waals surface area contributed by atoms with Crippen LogP contribution in [0.4, 0.5) is 0 Å². The lowest BCUT2D eigenvalue weighted by molar-refractivity contribution is -0.526. The fourth-order valence-corrected chi connectivity index (χ4v) is 8.14. The summed E-state index contributed by atoms with van der Waals surface area (Å²) in [5.41, 5.74) is 5.09. The molecule has 5 aromatic rings. The third-order valence-electron chi connectivity index (χ3n) is 9.03. The van der Waals surface area contributed by atoms with Crippen molar-refractivity contribution in [2.75, 3.05) is 14.2 Å². The van der Waals surface area contributed by atoms with Gasteiger partial charge in [0.15, 0.2) is 11.5 Å². The number of thiophene rings is 1. The van der Waals surface area contributed by atoms with Crippen LogP contribution in [0.1, 0.15) is 68.8 Å². The van der Waals surface area contributed by atoms with E-state index in [0.717, 1.165) is 51.1 Å². The number of aryl methyl sites for hydroxylation is 2. The minimum absolute atomic E-state index is 0.103. The van der Waals surface area contributed by atoms with Crippen molar-refractivity contribution in [3.05, 3.63) is 162 Å². The summed E-state index contributed by atoms with van der Waals surface area (Å²) in [5, 5.41) is 12.7. The first-order valence-electron chi connectivity index (χ1n) is 15.8. The van der Waals surface area contributed by atoms with Crippen LogP contribution in [0.3, 0.4) is 0 Å². The number of methoxy groups -OCH3 is 2. The van der Waals surface area contributed by atoms with Crippen LogP contribution in [0.5, 0.6) is 11.5 Å². The summed E-state index contributed by atoms with van der Waals surface area (Å²) in [7, 11) is 3.22. The van der Waals surface area contributed by atoms with E-state index in [2.05, 4.69) is 49.4 Å². The van der Waals surface area contributed by atoms with Crippen molar-refractivity contribution in [3.8, 4) is 11.5 Å². The highest BCUT2D eigenvalue weighted by Crippen LogP contribution is 2.47. The van der Waals surface area contributed by atoms with Crippen molar-refractivity contribution in [2.24, 2.45) is 0 Å². The maximum atomic E-state index is 12.7. The second kappa shape index (κ2) is 13.9. The highest BCUT2D eigenvalue weighted by atomic mass is 32.1. The summed E-state index contributed by atoms with van der Waals surface area (Å²) in [6, 6.07) is 36.3. The van der Waals surface area contributed by atoms with E-state index in [4.69, 9.17) is 14.2 Å². The topological polar surface area (TPSA) is 70.8 Å². The summed E-state index contributed by atoms with van der Waals surface area (Å²) in [6.45, 7) is 2.44. The van der Waals surface area contributed by atoms with Gasteiger partial charge in [0.2, 0.25) is 6.04 Å². The summed E-state index contributed by atoms with van der Waals surface area (Å²) >= 11 is 1.71. The second-order valence-electron chi connectivity index (χ2n) is 11.7. The number of ether oxygens (including phenoxy) is 3. The fraction of sp³-hybridized carbons (Fsp3) is 0.282. The van der Waals surface area contributed by atoms with Crippen molar-refractivity contribution in [3.63, 3.8) is 0 Å². The second-order valence-corrected chi connectivity index (χ2v) is 12.9. The van der Waals surface area contributed by atoms with Crippen LogP contribution in [0.15, 0.2) is 109 Å². The quantitative estimate of drug-likeness (QED) is 0.0779. The maximum absolute atomic E-state index is 12.7. The lowest BCUT2D eigenvalue weighted by Crippen LogP contribution is -2.34. The molecule has 0 N–H and O–H groups in total. The monoisotopic (exact) mass is 633 g/mol. The van der Waals surface area contributed by atoms with Gasteiger partial charge in [0.1, 0.15) is 5.60 Å². The molecule has 0 saturated heterocycles. The molecule has 0 fully saturated rings. The number of nitro groups is 1. The van der Waals surface area contributed by atoms with Gasteiger partial charge in [-0.3, -0.25) is 10.1 Å². The number of hydrogen-bond acceptors (Lipinski definition) is 6. The van der Waals surface area contributed by atoms with Crippen LogP contribution < -0.4 is 9.47 Å². The first kappa shape index (κ1) is 31.5. The third-order valence-corrected chi connectivity index (χ3v) is 10.2. The van der Waals surface area contributed by atoms with Crippen LogP contribution in [0.25, 0.3) is 0 Å². The molecule has 0 radical (unpaired) electrons. The van der Waals surface area contributed by atoms with Crippen LogP contribution >= 0.6 is 11.3 Å². The minimum atomic E-state index is -0.903. The lowest BCUT2D eigenvalue weighted by Gasteiger charge is -2.36. The third kappa shape index (κ3) is 5.93. The van der Waals surface area contributed by atoms with Crippen LogP contribution in [0, 0.1) is 10.1 Å². The van der Waals surface area contributed by atoms with Crippen molar-refractivity contribution in [1.82, 2.24) is 0 Å². The largest absolute Gasteiger partial charge is 0.493 e. The average molecular weight is 634 g/mol. The van der Waals surface area contributed by atoms with Gasteiger partial charge in [-0.05, 0) is 64.4 Å². The summed E-state index contributed by atoms with van der Waals surface area (Å²) in [4.78, 5) is 14.8. The van der Waals surface area contributed by atoms with Gasteiger partial charge in [-0.25, -0.2) is 0 Å². The molecule has 7 heteroatoms. The predicted octanol–water partition coefficient (Wildman–Crippen LogP) is 8.95. The molecular weight excluding hydrogens is 594 g/mol. The van der Waals surface area contributed by atoms with Gasteiger partial charge < -0.3 is 14.2 Å². The molecule has 1 aliphatic carbocycles. The molecule has 1 heterocycles. The number of rotatable bonds is 12. The Bertz CT molecular complexity index is 1670. The zero-order valence-corrected chi connectivity index (χ0v) is 27.3. The molecular formula is C39H39NO5S. The Morgan fingerprint density at radius 3 is 1.85 bits per heavy atom. The Morgan fingerprint density at radius 2 is 1.35 bits per heavy atom. The van der Waals surface area contributed by atoms with E-state index >= 15 is 0 Å². The molecule has 6 nitrogen and oxygen atoms in total. The Morgan fingerprint density at radius 1 is 0.804 bits per heavy atom. The highest BCUT2D eigenvalue weighted by molar-refractivity contribution is 7.12. The normalized spacial score (nSPS) is 16.1. The van der Waals surface area contributed by atoms with E-state index in [1.807, 2.05) is 66.7 Å². The van der Waals surface area contributed by atoms with Gasteiger partial charge in [-0.2, -0.15) is 0 Å². The maximum Gasteiger partial charge on any atom is 0.224 e. The number of fused-ring (bicyclic) bond motifs is 1. The van der Waals surface area contributed by atoms with Crippen molar-refractivity contribution < 1.29 is 19.1 Å². The molecule has 0 saturated carbocycles. The molecule has 46 heavy (non-hydrogen) atoms. The van der Waals surface area contributed by atoms with E-state index in [1.165, 1.54) is 4.88 Å². The van der Waals surface area contributed by atoms with Crippen LogP contribution in [0.2, 0.25) is 0 Å². The zero-order chi connectivity index (χ0) is 32.1. The highest BCUT2D eigenvalue weighted by Gasteiger charge is 2.42. The summed E-state index contributed by atoms with van der Waals surface area (Å²) < 4.78 is 18.5. The lowest BCUT2D eigenvalue weighted by atomic mass is 9.75. The van der Waals surface area contributed by atoms with Gasteiger partial charge in [-0.1, -0.05) is 104 Å². The Kier molecular flexibility index (Phi) is 9.52. The van der Waals surface area contributed by atoms with Crippen LogP contribution in [-0.4, -0.2) is 25.2 Å². The molecule has 0 amide bonds. The van der Waals surface area contributed by atoms with Gasteiger partial charge in [0.05, 0.1) is 26.7 Å². The van der Waals surface area contributed by atoms with Gasteiger partial charge in [0, 0.05) is 21.1 Å². The molecule has 0 bridgehead atoms. The minimum Gasteiger partial charge on any atom is -0.493 e. The predicted molar refractivity (Wildman–Crippen MR) is 183 cm³/mol. The molecule has 6 rings (SSSR count). The average Bonchev–Trinajstić information content (AvgIpc) is 3.50. The van der Waals surface area contributed by atoms with Gasteiger partial charge in [0.25, 0.3) is 0 Å². The van der Waals surface area contributed by atoms with Gasteiger partial charge in [-0.15, -0.1) is 11.3 Å². The van der Waals surface area contributed by atoms with E-state index < -0.39 is 17.6 Å². The molecule has 1 aliphatic rings. The van der Waals surface area contributed by atoms with E-state index in [0.29, 0.717) is 24.3 Å². The number of benzene rings is 4. The first-order chi connectivity index (χ1) is 22.5. The van der Waals surface area contributed by atoms with Crippen molar-refractivity contribution in [2.45, 2.75) is 56.8 Å².